The SMILES string of the molecule is CCCCNc1ccc2nccn2c1. The monoisotopic (exact) mass is 189 g/mol. The lowest BCUT2D eigenvalue weighted by Gasteiger charge is -2.05. The highest BCUT2D eigenvalue weighted by Crippen LogP contribution is 2.09. The van der Waals surface area contributed by atoms with Crippen LogP contribution in [-0.2, 0) is 0 Å². The van der Waals surface area contributed by atoms with Crippen molar-refractivity contribution in [2.75, 3.05) is 11.9 Å². The Balaban J connectivity index is 2.10. The molecule has 74 valence electrons. The van der Waals surface area contributed by atoms with Gasteiger partial charge < -0.3 is 9.72 Å². The Kier molecular flexibility index (Phi) is 2.68. The Morgan fingerprint density at radius 2 is 2.36 bits per heavy atom. The molecule has 0 fully saturated rings. The zero-order valence-corrected chi connectivity index (χ0v) is 8.40. The van der Waals surface area contributed by atoms with Gasteiger partial charge in [0.2, 0.25) is 0 Å². The first-order valence-electron chi connectivity index (χ1n) is 5.07. The Morgan fingerprint density at radius 3 is 3.21 bits per heavy atom. The highest BCUT2D eigenvalue weighted by molar-refractivity contribution is 5.49. The largest absolute Gasteiger partial charge is 0.384 e. The van der Waals surface area contributed by atoms with E-state index in [0.29, 0.717) is 0 Å². The van der Waals surface area contributed by atoms with Crippen LogP contribution >= 0.6 is 0 Å². The van der Waals surface area contributed by atoms with Gasteiger partial charge in [-0.25, -0.2) is 4.98 Å². The minimum Gasteiger partial charge on any atom is -0.384 e. The number of rotatable bonds is 4. The average molecular weight is 189 g/mol. The fraction of sp³-hybridized carbons (Fsp3) is 0.364. The summed E-state index contributed by atoms with van der Waals surface area (Å²) in [5.74, 6) is 0. The standard InChI is InChI=1S/C11H15N3/c1-2-3-6-12-10-4-5-11-13-7-8-14(11)9-10/h4-5,7-9,12H,2-3,6H2,1H3. The fourth-order valence-electron chi connectivity index (χ4n) is 1.43. The molecule has 2 rings (SSSR count). The van der Waals surface area contributed by atoms with Crippen molar-refractivity contribution in [2.24, 2.45) is 0 Å². The number of aromatic nitrogens is 2. The lowest BCUT2D eigenvalue weighted by molar-refractivity contribution is 0.833. The number of imidazole rings is 1. The first-order valence-corrected chi connectivity index (χ1v) is 5.07. The van der Waals surface area contributed by atoms with E-state index in [4.69, 9.17) is 0 Å². The number of hydrogen-bond donors (Lipinski definition) is 1. The third-order valence-electron chi connectivity index (χ3n) is 2.25. The van der Waals surface area contributed by atoms with Crippen LogP contribution in [-0.4, -0.2) is 15.9 Å². The van der Waals surface area contributed by atoms with Crippen LogP contribution in [0, 0.1) is 0 Å². The molecule has 2 aromatic heterocycles. The van der Waals surface area contributed by atoms with E-state index in [1.807, 2.05) is 22.9 Å². The van der Waals surface area contributed by atoms with Crippen LogP contribution < -0.4 is 5.32 Å². The molecule has 1 N–H and O–H groups in total. The summed E-state index contributed by atoms with van der Waals surface area (Å²) in [7, 11) is 0. The molecule has 0 unspecified atom stereocenters. The molecule has 14 heavy (non-hydrogen) atoms. The number of anilines is 1. The summed E-state index contributed by atoms with van der Waals surface area (Å²) in [6.07, 6.45) is 8.27. The number of hydrogen-bond acceptors (Lipinski definition) is 2. The van der Waals surface area contributed by atoms with Crippen LogP contribution in [0.25, 0.3) is 5.65 Å². The lowest BCUT2D eigenvalue weighted by atomic mass is 10.3. The molecule has 3 nitrogen and oxygen atoms in total. The normalized spacial score (nSPS) is 10.6. The molecule has 0 aliphatic rings. The van der Waals surface area contributed by atoms with E-state index in [1.54, 1.807) is 0 Å². The minimum absolute atomic E-state index is 0.992. The van der Waals surface area contributed by atoms with Crippen molar-refractivity contribution in [2.45, 2.75) is 19.8 Å². The predicted molar refractivity (Wildman–Crippen MR) is 58.6 cm³/mol. The van der Waals surface area contributed by atoms with Crippen LogP contribution in [0.15, 0.2) is 30.7 Å². The number of unbranched alkanes of at least 4 members (excludes halogenated alkanes) is 1. The first kappa shape index (κ1) is 9.06. The highest BCUT2D eigenvalue weighted by Gasteiger charge is 1.94. The van der Waals surface area contributed by atoms with E-state index >= 15 is 0 Å². The van der Waals surface area contributed by atoms with Crippen LogP contribution in [0.3, 0.4) is 0 Å². The van der Waals surface area contributed by atoms with Gasteiger partial charge in [0.1, 0.15) is 5.65 Å². The summed E-state index contributed by atoms with van der Waals surface area (Å²) in [5, 5.41) is 3.38. The van der Waals surface area contributed by atoms with E-state index in [0.717, 1.165) is 17.9 Å². The van der Waals surface area contributed by atoms with Crippen molar-refractivity contribution in [3.8, 4) is 0 Å². The predicted octanol–water partition coefficient (Wildman–Crippen LogP) is 2.55. The molecular weight excluding hydrogens is 174 g/mol. The third kappa shape index (κ3) is 1.87. The van der Waals surface area contributed by atoms with Gasteiger partial charge in [0.15, 0.2) is 0 Å². The molecule has 0 aromatic carbocycles. The second-order valence-electron chi connectivity index (χ2n) is 3.39. The molecule has 0 saturated carbocycles. The first-order chi connectivity index (χ1) is 6.90. The van der Waals surface area contributed by atoms with Crippen molar-refractivity contribution >= 4 is 11.3 Å². The molecule has 0 atom stereocenters. The van der Waals surface area contributed by atoms with Crippen LogP contribution in [0.1, 0.15) is 19.8 Å². The van der Waals surface area contributed by atoms with Crippen molar-refractivity contribution in [3.05, 3.63) is 30.7 Å². The second kappa shape index (κ2) is 4.13. The Labute approximate surface area is 83.8 Å². The second-order valence-corrected chi connectivity index (χ2v) is 3.39. The van der Waals surface area contributed by atoms with Gasteiger partial charge in [0, 0.05) is 25.1 Å². The molecule has 0 amide bonds. The Hall–Kier alpha value is -1.51. The zero-order chi connectivity index (χ0) is 9.80. The summed E-state index contributed by atoms with van der Waals surface area (Å²) in [4.78, 5) is 4.19. The van der Waals surface area contributed by atoms with Gasteiger partial charge in [-0.05, 0) is 18.6 Å². The smallest absolute Gasteiger partial charge is 0.136 e. The maximum absolute atomic E-state index is 4.19. The summed E-state index contributed by atoms with van der Waals surface area (Å²) in [6, 6.07) is 4.09. The maximum Gasteiger partial charge on any atom is 0.136 e. The van der Waals surface area contributed by atoms with Gasteiger partial charge >= 0.3 is 0 Å². The zero-order valence-electron chi connectivity index (χ0n) is 8.40. The van der Waals surface area contributed by atoms with Gasteiger partial charge in [-0.2, -0.15) is 0 Å². The van der Waals surface area contributed by atoms with Crippen LogP contribution in [0.2, 0.25) is 0 Å². The average Bonchev–Trinajstić information content (AvgIpc) is 2.65. The van der Waals surface area contributed by atoms with E-state index in [2.05, 4.69) is 29.5 Å². The topological polar surface area (TPSA) is 29.3 Å². The summed E-state index contributed by atoms with van der Waals surface area (Å²) in [5.41, 5.74) is 2.15. The molecule has 0 aliphatic carbocycles. The molecule has 0 bridgehead atoms. The summed E-state index contributed by atoms with van der Waals surface area (Å²) < 4.78 is 2.02. The maximum atomic E-state index is 4.19. The van der Waals surface area contributed by atoms with E-state index in [-0.39, 0.29) is 0 Å². The fourth-order valence-corrected chi connectivity index (χ4v) is 1.43. The minimum atomic E-state index is 0.992. The molecule has 0 spiro atoms. The van der Waals surface area contributed by atoms with E-state index in [1.165, 1.54) is 12.8 Å². The quantitative estimate of drug-likeness (QED) is 0.749. The van der Waals surface area contributed by atoms with Gasteiger partial charge in [-0.15, -0.1) is 0 Å². The molecule has 0 radical (unpaired) electrons. The van der Waals surface area contributed by atoms with Crippen molar-refractivity contribution in [1.29, 1.82) is 0 Å². The van der Waals surface area contributed by atoms with E-state index in [9.17, 15) is 0 Å². The lowest BCUT2D eigenvalue weighted by Crippen LogP contribution is -2.01. The number of nitrogens with zero attached hydrogens (tertiary/aromatic N) is 2. The van der Waals surface area contributed by atoms with E-state index < -0.39 is 0 Å². The van der Waals surface area contributed by atoms with Gasteiger partial charge in [0.25, 0.3) is 0 Å². The number of pyridine rings is 1. The van der Waals surface area contributed by atoms with Gasteiger partial charge in [0.05, 0.1) is 5.69 Å². The molecule has 0 aliphatic heterocycles. The molecular formula is C11H15N3. The number of nitrogens with one attached hydrogen (secondary N) is 1. The summed E-state index contributed by atoms with van der Waals surface area (Å²) >= 11 is 0. The van der Waals surface area contributed by atoms with Crippen molar-refractivity contribution in [3.63, 3.8) is 0 Å². The summed E-state index contributed by atoms with van der Waals surface area (Å²) in [6.45, 7) is 3.23. The third-order valence-corrected chi connectivity index (χ3v) is 2.25. The Bertz CT molecular complexity index is 406. The number of fused-ring (bicyclic) bond motifs is 1. The van der Waals surface area contributed by atoms with Gasteiger partial charge in [-0.3, -0.25) is 0 Å². The Morgan fingerprint density at radius 1 is 1.43 bits per heavy atom. The van der Waals surface area contributed by atoms with Crippen LogP contribution in [0.4, 0.5) is 5.69 Å². The van der Waals surface area contributed by atoms with Crippen molar-refractivity contribution in [1.82, 2.24) is 9.38 Å². The van der Waals surface area contributed by atoms with Gasteiger partial charge in [-0.1, -0.05) is 13.3 Å². The molecule has 0 saturated heterocycles. The molecule has 3 heteroatoms. The molecule has 2 aromatic rings. The van der Waals surface area contributed by atoms with Crippen LogP contribution in [0.5, 0.6) is 0 Å². The van der Waals surface area contributed by atoms with Crippen molar-refractivity contribution < 1.29 is 0 Å². The highest BCUT2D eigenvalue weighted by atomic mass is 15.0. The molecule has 2 heterocycles.